The maximum Gasteiger partial charge on any atom is 0.153 e. The SMILES string of the molecule is O=S1(=O)CCCC1Cc1nc(CO)cs1. The van der Waals surface area contributed by atoms with Gasteiger partial charge in [-0.25, -0.2) is 13.4 Å². The summed E-state index contributed by atoms with van der Waals surface area (Å²) in [7, 11) is -2.88. The van der Waals surface area contributed by atoms with Crippen LogP contribution in [0.15, 0.2) is 5.38 Å². The summed E-state index contributed by atoms with van der Waals surface area (Å²) >= 11 is 1.43. The third-order valence-corrected chi connectivity index (χ3v) is 5.82. The second kappa shape index (κ2) is 4.19. The van der Waals surface area contributed by atoms with E-state index in [-0.39, 0.29) is 11.9 Å². The van der Waals surface area contributed by atoms with E-state index >= 15 is 0 Å². The van der Waals surface area contributed by atoms with E-state index in [1.807, 2.05) is 0 Å². The Morgan fingerprint density at radius 2 is 2.40 bits per heavy atom. The molecule has 1 atom stereocenters. The lowest BCUT2D eigenvalue weighted by atomic mass is 10.2. The molecule has 2 heterocycles. The molecule has 0 radical (unpaired) electrons. The first kappa shape index (κ1) is 11.0. The van der Waals surface area contributed by atoms with Crippen LogP contribution >= 0.6 is 11.3 Å². The fourth-order valence-corrected chi connectivity index (χ4v) is 4.61. The van der Waals surface area contributed by atoms with E-state index in [9.17, 15) is 8.42 Å². The normalized spacial score (nSPS) is 24.5. The monoisotopic (exact) mass is 247 g/mol. The van der Waals surface area contributed by atoms with Crippen LogP contribution in [0, 0.1) is 0 Å². The molecule has 1 N–H and O–H groups in total. The zero-order valence-electron chi connectivity index (χ0n) is 8.22. The van der Waals surface area contributed by atoms with Gasteiger partial charge in [0.25, 0.3) is 0 Å². The molecular weight excluding hydrogens is 234 g/mol. The molecule has 0 spiro atoms. The number of nitrogens with zero attached hydrogens (tertiary/aromatic N) is 1. The van der Waals surface area contributed by atoms with Gasteiger partial charge >= 0.3 is 0 Å². The Balaban J connectivity index is 2.09. The number of aliphatic hydroxyl groups is 1. The maximum absolute atomic E-state index is 11.6. The summed E-state index contributed by atoms with van der Waals surface area (Å²) in [4.78, 5) is 4.16. The number of thiazole rings is 1. The Labute approximate surface area is 92.9 Å². The zero-order valence-corrected chi connectivity index (χ0v) is 9.85. The highest BCUT2D eigenvalue weighted by Gasteiger charge is 2.31. The van der Waals surface area contributed by atoms with Gasteiger partial charge in [-0.3, -0.25) is 0 Å². The first-order chi connectivity index (χ1) is 7.12. The van der Waals surface area contributed by atoms with Crippen molar-refractivity contribution >= 4 is 21.2 Å². The van der Waals surface area contributed by atoms with Crippen LogP contribution in [0.2, 0.25) is 0 Å². The van der Waals surface area contributed by atoms with Crippen LogP contribution in [-0.4, -0.2) is 29.5 Å². The third kappa shape index (κ3) is 2.38. The van der Waals surface area contributed by atoms with Crippen molar-refractivity contribution in [3.63, 3.8) is 0 Å². The standard InChI is InChI=1S/C9H13NO3S2/c11-5-7-6-14-9(10-7)4-8-2-1-3-15(8,12)13/h6,8,11H,1-5H2. The van der Waals surface area contributed by atoms with Gasteiger partial charge < -0.3 is 5.11 Å². The van der Waals surface area contributed by atoms with E-state index in [0.717, 1.165) is 17.8 Å². The number of hydrogen-bond donors (Lipinski definition) is 1. The van der Waals surface area contributed by atoms with Crippen LogP contribution in [0.1, 0.15) is 23.5 Å². The minimum atomic E-state index is -2.88. The van der Waals surface area contributed by atoms with Crippen molar-refractivity contribution in [1.29, 1.82) is 0 Å². The van der Waals surface area contributed by atoms with Gasteiger partial charge in [-0.05, 0) is 12.8 Å². The van der Waals surface area contributed by atoms with Gasteiger partial charge in [-0.1, -0.05) is 0 Å². The molecule has 1 aliphatic rings. The Morgan fingerprint density at radius 3 is 2.93 bits per heavy atom. The topological polar surface area (TPSA) is 67.3 Å². The predicted octanol–water partition coefficient (Wildman–Crippen LogP) is 0.755. The lowest BCUT2D eigenvalue weighted by Crippen LogP contribution is -2.18. The van der Waals surface area contributed by atoms with Gasteiger partial charge in [0.05, 0.1) is 28.3 Å². The van der Waals surface area contributed by atoms with Crippen molar-refractivity contribution in [3.05, 3.63) is 16.1 Å². The van der Waals surface area contributed by atoms with Crippen molar-refractivity contribution in [3.8, 4) is 0 Å². The Bertz CT molecular complexity index is 438. The van der Waals surface area contributed by atoms with Crippen LogP contribution in [0.3, 0.4) is 0 Å². The molecule has 84 valence electrons. The molecule has 1 aliphatic heterocycles. The summed E-state index contributed by atoms with van der Waals surface area (Å²) in [6.07, 6.45) is 2.02. The summed E-state index contributed by atoms with van der Waals surface area (Å²) in [5, 5.41) is 11.2. The smallest absolute Gasteiger partial charge is 0.153 e. The first-order valence-corrected chi connectivity index (χ1v) is 7.47. The average molecular weight is 247 g/mol. The molecule has 1 fully saturated rings. The van der Waals surface area contributed by atoms with Crippen molar-refractivity contribution in [2.45, 2.75) is 31.1 Å². The zero-order chi connectivity index (χ0) is 10.9. The molecule has 0 aliphatic carbocycles. The maximum atomic E-state index is 11.6. The lowest BCUT2D eigenvalue weighted by Gasteiger charge is -2.05. The van der Waals surface area contributed by atoms with Crippen LogP contribution < -0.4 is 0 Å². The van der Waals surface area contributed by atoms with Crippen LogP contribution in [-0.2, 0) is 22.9 Å². The molecule has 6 heteroatoms. The molecule has 15 heavy (non-hydrogen) atoms. The van der Waals surface area contributed by atoms with Crippen molar-refractivity contribution in [2.24, 2.45) is 0 Å². The number of aromatic nitrogens is 1. The van der Waals surface area contributed by atoms with Crippen molar-refractivity contribution in [1.82, 2.24) is 4.98 Å². The minimum Gasteiger partial charge on any atom is -0.390 e. The van der Waals surface area contributed by atoms with Crippen LogP contribution in [0.4, 0.5) is 0 Å². The number of sulfone groups is 1. The third-order valence-electron chi connectivity index (χ3n) is 2.63. The van der Waals surface area contributed by atoms with Crippen LogP contribution in [0.5, 0.6) is 0 Å². The molecule has 0 saturated carbocycles. The highest BCUT2D eigenvalue weighted by Crippen LogP contribution is 2.24. The van der Waals surface area contributed by atoms with Crippen LogP contribution in [0.25, 0.3) is 0 Å². The van der Waals surface area contributed by atoms with E-state index in [1.165, 1.54) is 11.3 Å². The molecule has 0 aromatic carbocycles. The largest absolute Gasteiger partial charge is 0.390 e. The van der Waals surface area contributed by atoms with Gasteiger partial charge in [0.15, 0.2) is 9.84 Å². The number of hydrogen-bond acceptors (Lipinski definition) is 5. The summed E-state index contributed by atoms with van der Waals surface area (Å²) in [6.45, 7) is -0.0755. The Kier molecular flexibility index (Phi) is 3.08. The van der Waals surface area contributed by atoms with Gasteiger partial charge in [0.1, 0.15) is 0 Å². The molecule has 0 bridgehead atoms. The molecule has 1 unspecified atom stereocenters. The van der Waals surface area contributed by atoms with E-state index < -0.39 is 9.84 Å². The quantitative estimate of drug-likeness (QED) is 0.856. The number of rotatable bonds is 3. The summed E-state index contributed by atoms with van der Waals surface area (Å²) in [5.41, 5.74) is 0.630. The molecule has 0 amide bonds. The highest BCUT2D eigenvalue weighted by atomic mass is 32.2. The molecule has 1 aromatic heterocycles. The molecule has 2 rings (SSSR count). The molecule has 1 aromatic rings. The Hall–Kier alpha value is -0.460. The lowest BCUT2D eigenvalue weighted by molar-refractivity contribution is 0.277. The van der Waals surface area contributed by atoms with Crippen molar-refractivity contribution in [2.75, 3.05) is 5.75 Å². The fourth-order valence-electron chi connectivity index (χ4n) is 1.80. The second-order valence-corrected chi connectivity index (χ2v) is 7.07. The first-order valence-electron chi connectivity index (χ1n) is 4.87. The Morgan fingerprint density at radius 1 is 1.60 bits per heavy atom. The summed E-state index contributed by atoms with van der Waals surface area (Å²) in [6, 6.07) is 0. The van der Waals surface area contributed by atoms with Gasteiger partial charge in [0.2, 0.25) is 0 Å². The number of aliphatic hydroxyl groups excluding tert-OH is 1. The molecule has 1 saturated heterocycles. The average Bonchev–Trinajstić information content (AvgIpc) is 2.75. The summed E-state index contributed by atoms with van der Waals surface area (Å²) in [5.74, 6) is 0.315. The highest BCUT2D eigenvalue weighted by molar-refractivity contribution is 7.92. The second-order valence-electron chi connectivity index (χ2n) is 3.73. The van der Waals surface area contributed by atoms with E-state index in [4.69, 9.17) is 5.11 Å². The predicted molar refractivity (Wildman–Crippen MR) is 58.5 cm³/mol. The van der Waals surface area contributed by atoms with Gasteiger partial charge in [-0.15, -0.1) is 11.3 Å². The van der Waals surface area contributed by atoms with E-state index in [2.05, 4.69) is 4.98 Å². The molecule has 4 nitrogen and oxygen atoms in total. The molecular formula is C9H13NO3S2. The van der Waals surface area contributed by atoms with Gasteiger partial charge in [0, 0.05) is 11.8 Å². The summed E-state index contributed by atoms with van der Waals surface area (Å²) < 4.78 is 23.1. The van der Waals surface area contributed by atoms with E-state index in [0.29, 0.717) is 17.9 Å². The van der Waals surface area contributed by atoms with E-state index in [1.54, 1.807) is 5.38 Å². The van der Waals surface area contributed by atoms with Gasteiger partial charge in [-0.2, -0.15) is 0 Å². The fraction of sp³-hybridized carbons (Fsp3) is 0.667. The minimum absolute atomic E-state index is 0.0755. The van der Waals surface area contributed by atoms with Crippen molar-refractivity contribution < 1.29 is 13.5 Å².